The highest BCUT2D eigenvalue weighted by atomic mass is 19.1. The maximum absolute atomic E-state index is 13.0. The van der Waals surface area contributed by atoms with Crippen molar-refractivity contribution in [3.05, 3.63) is 30.1 Å². The molecule has 0 saturated carbocycles. The van der Waals surface area contributed by atoms with Crippen molar-refractivity contribution in [1.29, 1.82) is 0 Å². The first kappa shape index (κ1) is 15.7. The van der Waals surface area contributed by atoms with Crippen LogP contribution in [-0.4, -0.2) is 67.6 Å². The van der Waals surface area contributed by atoms with Crippen LogP contribution in [0.15, 0.2) is 24.3 Å². The number of likely N-dealkylation sites (N-methyl/N-ethyl adjacent to an activating group) is 1. The second-order valence-electron chi connectivity index (χ2n) is 6.12. The summed E-state index contributed by atoms with van der Waals surface area (Å²) in [7, 11) is 2.03. The number of nitrogens with one attached hydrogen (secondary N) is 1. The monoisotopic (exact) mass is 320 g/mol. The number of carbonyl (C=O) groups excluding carboxylic acids is 2. The predicted octanol–water partition coefficient (Wildman–Crippen LogP) is 0.888. The lowest BCUT2D eigenvalue weighted by Crippen LogP contribution is -2.52. The van der Waals surface area contributed by atoms with E-state index in [-0.39, 0.29) is 30.2 Å². The molecule has 2 saturated heterocycles. The molecule has 2 aliphatic heterocycles. The van der Waals surface area contributed by atoms with Gasteiger partial charge in [-0.1, -0.05) is 0 Å². The highest BCUT2D eigenvalue weighted by Crippen LogP contribution is 2.22. The average Bonchev–Trinajstić information content (AvgIpc) is 2.89. The Morgan fingerprint density at radius 2 is 1.83 bits per heavy atom. The van der Waals surface area contributed by atoms with Gasteiger partial charge in [-0.3, -0.25) is 4.79 Å². The molecule has 0 radical (unpaired) electrons. The molecule has 0 bridgehead atoms. The number of rotatable bonds is 2. The Labute approximate surface area is 134 Å². The lowest BCUT2D eigenvalue weighted by molar-refractivity contribution is -0.117. The Morgan fingerprint density at radius 3 is 2.48 bits per heavy atom. The standard InChI is InChI=1S/C16H21FN4O2/c1-19-6-8-20(9-7-19)16(23)18-13-10-15(22)21(11-13)14-4-2-12(17)3-5-14/h2-5,13H,6-11H2,1H3,(H,18,23). The number of carbonyl (C=O) groups is 2. The van der Waals surface area contributed by atoms with Gasteiger partial charge in [0.2, 0.25) is 5.91 Å². The summed E-state index contributed by atoms with van der Waals surface area (Å²) in [5, 5.41) is 2.94. The molecule has 1 aromatic rings. The van der Waals surface area contributed by atoms with E-state index in [0.717, 1.165) is 13.1 Å². The van der Waals surface area contributed by atoms with E-state index < -0.39 is 0 Å². The van der Waals surface area contributed by atoms with Crippen molar-refractivity contribution in [2.75, 3.05) is 44.7 Å². The van der Waals surface area contributed by atoms with Gasteiger partial charge < -0.3 is 20.0 Å². The zero-order chi connectivity index (χ0) is 16.4. The fourth-order valence-corrected chi connectivity index (χ4v) is 2.95. The quantitative estimate of drug-likeness (QED) is 0.880. The zero-order valence-electron chi connectivity index (χ0n) is 13.2. The normalized spacial score (nSPS) is 22.5. The second kappa shape index (κ2) is 6.54. The van der Waals surface area contributed by atoms with E-state index >= 15 is 0 Å². The van der Waals surface area contributed by atoms with E-state index in [4.69, 9.17) is 0 Å². The topological polar surface area (TPSA) is 55.9 Å². The van der Waals surface area contributed by atoms with E-state index in [1.165, 1.54) is 12.1 Å². The molecule has 0 aliphatic carbocycles. The first-order valence-corrected chi connectivity index (χ1v) is 7.83. The first-order chi connectivity index (χ1) is 11.0. The van der Waals surface area contributed by atoms with Crippen LogP contribution in [0.4, 0.5) is 14.9 Å². The molecule has 2 aliphatic rings. The van der Waals surface area contributed by atoms with Gasteiger partial charge in [0, 0.05) is 44.8 Å². The Balaban J connectivity index is 1.57. The number of urea groups is 1. The molecule has 3 rings (SSSR count). The van der Waals surface area contributed by atoms with Crippen LogP contribution in [0.2, 0.25) is 0 Å². The summed E-state index contributed by atoms with van der Waals surface area (Å²) < 4.78 is 13.0. The predicted molar refractivity (Wildman–Crippen MR) is 84.8 cm³/mol. The molecule has 1 unspecified atom stereocenters. The molecule has 3 amide bonds. The molecule has 1 aromatic carbocycles. The van der Waals surface area contributed by atoms with E-state index in [1.54, 1.807) is 21.9 Å². The fourth-order valence-electron chi connectivity index (χ4n) is 2.95. The molecule has 2 fully saturated rings. The summed E-state index contributed by atoms with van der Waals surface area (Å²) in [4.78, 5) is 30.0. The third kappa shape index (κ3) is 3.61. The van der Waals surface area contributed by atoms with Crippen molar-refractivity contribution in [3.63, 3.8) is 0 Å². The summed E-state index contributed by atoms with van der Waals surface area (Å²) in [6, 6.07) is 5.50. The van der Waals surface area contributed by atoms with Crippen LogP contribution in [0.1, 0.15) is 6.42 Å². The van der Waals surface area contributed by atoms with Gasteiger partial charge in [0.1, 0.15) is 5.82 Å². The average molecular weight is 320 g/mol. The van der Waals surface area contributed by atoms with E-state index in [9.17, 15) is 14.0 Å². The fraction of sp³-hybridized carbons (Fsp3) is 0.500. The van der Waals surface area contributed by atoms with Gasteiger partial charge in [0.25, 0.3) is 0 Å². The number of piperazine rings is 1. The van der Waals surface area contributed by atoms with Crippen LogP contribution < -0.4 is 10.2 Å². The van der Waals surface area contributed by atoms with Crippen molar-refractivity contribution >= 4 is 17.6 Å². The lowest BCUT2D eigenvalue weighted by Gasteiger charge is -2.33. The molecule has 7 heteroatoms. The number of hydrogen-bond acceptors (Lipinski definition) is 3. The molecular formula is C16H21FN4O2. The first-order valence-electron chi connectivity index (χ1n) is 7.83. The third-order valence-corrected chi connectivity index (χ3v) is 4.38. The SMILES string of the molecule is CN1CCN(C(=O)NC2CC(=O)N(c3ccc(F)cc3)C2)CC1. The van der Waals surface area contributed by atoms with Crippen molar-refractivity contribution in [1.82, 2.24) is 15.1 Å². The molecule has 124 valence electrons. The lowest BCUT2D eigenvalue weighted by atomic mass is 10.2. The Kier molecular flexibility index (Phi) is 4.47. The number of halogens is 1. The van der Waals surface area contributed by atoms with Crippen LogP contribution in [0.3, 0.4) is 0 Å². The smallest absolute Gasteiger partial charge is 0.317 e. The van der Waals surface area contributed by atoms with Gasteiger partial charge in [-0.2, -0.15) is 0 Å². The molecule has 0 spiro atoms. The summed E-state index contributed by atoms with van der Waals surface area (Å²) >= 11 is 0. The highest BCUT2D eigenvalue weighted by Gasteiger charge is 2.32. The van der Waals surface area contributed by atoms with Gasteiger partial charge in [-0.25, -0.2) is 9.18 Å². The minimum atomic E-state index is -0.333. The summed E-state index contributed by atoms with van der Waals surface area (Å²) in [5.74, 6) is -0.388. The summed E-state index contributed by atoms with van der Waals surface area (Å²) in [6.07, 6.45) is 0.275. The van der Waals surface area contributed by atoms with Crippen molar-refractivity contribution in [2.24, 2.45) is 0 Å². The number of benzene rings is 1. The maximum Gasteiger partial charge on any atom is 0.317 e. The molecule has 0 aromatic heterocycles. The van der Waals surface area contributed by atoms with Crippen LogP contribution in [0.25, 0.3) is 0 Å². The molecule has 2 heterocycles. The van der Waals surface area contributed by atoms with Crippen LogP contribution in [0, 0.1) is 5.82 Å². The van der Waals surface area contributed by atoms with Gasteiger partial charge in [-0.15, -0.1) is 0 Å². The summed E-state index contributed by atoms with van der Waals surface area (Å²) in [5.41, 5.74) is 0.660. The second-order valence-corrected chi connectivity index (χ2v) is 6.12. The number of anilines is 1. The third-order valence-electron chi connectivity index (χ3n) is 4.38. The van der Waals surface area contributed by atoms with Crippen LogP contribution >= 0.6 is 0 Å². The number of nitrogens with zero attached hydrogens (tertiary/aromatic N) is 3. The minimum Gasteiger partial charge on any atom is -0.333 e. The van der Waals surface area contributed by atoms with E-state index in [1.807, 2.05) is 7.05 Å². The largest absolute Gasteiger partial charge is 0.333 e. The van der Waals surface area contributed by atoms with Crippen molar-refractivity contribution in [3.8, 4) is 0 Å². The van der Waals surface area contributed by atoms with Gasteiger partial charge in [0.15, 0.2) is 0 Å². The zero-order valence-corrected chi connectivity index (χ0v) is 13.2. The molecule has 1 N–H and O–H groups in total. The van der Waals surface area contributed by atoms with E-state index in [2.05, 4.69) is 10.2 Å². The minimum absolute atomic E-state index is 0.0553. The van der Waals surface area contributed by atoms with E-state index in [0.29, 0.717) is 25.3 Å². The van der Waals surface area contributed by atoms with Crippen molar-refractivity contribution in [2.45, 2.75) is 12.5 Å². The number of amides is 3. The Morgan fingerprint density at radius 1 is 1.17 bits per heavy atom. The maximum atomic E-state index is 13.0. The molecule has 1 atom stereocenters. The van der Waals surface area contributed by atoms with Crippen LogP contribution in [-0.2, 0) is 4.79 Å². The van der Waals surface area contributed by atoms with Gasteiger partial charge >= 0.3 is 6.03 Å². The number of hydrogen-bond donors (Lipinski definition) is 1. The molecular weight excluding hydrogens is 299 g/mol. The highest BCUT2D eigenvalue weighted by molar-refractivity contribution is 5.96. The summed E-state index contributed by atoms with van der Waals surface area (Å²) in [6.45, 7) is 3.54. The van der Waals surface area contributed by atoms with Crippen molar-refractivity contribution < 1.29 is 14.0 Å². The van der Waals surface area contributed by atoms with Crippen LogP contribution in [0.5, 0.6) is 0 Å². The Bertz CT molecular complexity index is 584. The molecule has 23 heavy (non-hydrogen) atoms. The van der Waals surface area contributed by atoms with Gasteiger partial charge in [0.05, 0.1) is 6.04 Å². The van der Waals surface area contributed by atoms with Gasteiger partial charge in [-0.05, 0) is 31.3 Å². The Hall–Kier alpha value is -2.15. The molecule has 6 nitrogen and oxygen atoms in total.